The fourth-order valence-electron chi connectivity index (χ4n) is 1.62. The number of hydrogen-bond donors (Lipinski definition) is 2. The molecule has 0 aromatic carbocycles. The van der Waals surface area contributed by atoms with Gasteiger partial charge in [0.1, 0.15) is 12.6 Å². The number of nitrogens with zero attached hydrogens (tertiary/aromatic N) is 3. The van der Waals surface area contributed by atoms with Gasteiger partial charge < -0.3 is 10.4 Å². The van der Waals surface area contributed by atoms with Crippen molar-refractivity contribution in [2.45, 2.75) is 39.4 Å². The zero-order chi connectivity index (χ0) is 21.2. The second-order valence-corrected chi connectivity index (χ2v) is 6.93. The van der Waals surface area contributed by atoms with E-state index in [1.54, 1.807) is 29.8 Å². The molecule has 0 spiro atoms. The number of alkyl halides is 3. The van der Waals surface area contributed by atoms with Gasteiger partial charge >= 0.3 is 12.1 Å². The fraction of sp³-hybridized carbons (Fsp3) is 0.471. The standard InChI is InChI=1S/C13H14N4O3S.C4H7F3/c18-12(19)3-7-17-6-2-10(9-16-17)13(20)15-4-1-11-14-5-8-21-11;1-3(2)4(5,6)7/h2,5-6,8-9H,1,3-4,7H2,(H-,15,18,19,20);3H,1-2H3/p+1. The minimum Gasteiger partial charge on any atom is -0.481 e. The van der Waals surface area contributed by atoms with E-state index in [4.69, 9.17) is 5.11 Å². The van der Waals surface area contributed by atoms with Gasteiger partial charge in [-0.2, -0.15) is 13.2 Å². The number of aromatic nitrogens is 3. The zero-order valence-electron chi connectivity index (χ0n) is 15.4. The van der Waals surface area contributed by atoms with E-state index in [1.807, 2.05) is 5.38 Å². The lowest BCUT2D eigenvalue weighted by Gasteiger charge is -2.07. The summed E-state index contributed by atoms with van der Waals surface area (Å²) in [6.07, 6.45) is 1.46. The van der Waals surface area contributed by atoms with Crippen molar-refractivity contribution >= 4 is 23.2 Å². The van der Waals surface area contributed by atoms with Crippen LogP contribution in [0.1, 0.15) is 35.6 Å². The number of aliphatic carboxylic acids is 1. The van der Waals surface area contributed by atoms with E-state index in [1.165, 1.54) is 10.9 Å². The molecule has 0 radical (unpaired) electrons. The number of rotatable bonds is 7. The molecule has 28 heavy (non-hydrogen) atoms. The third-order valence-electron chi connectivity index (χ3n) is 3.35. The van der Waals surface area contributed by atoms with Gasteiger partial charge in [0.2, 0.25) is 0 Å². The smallest absolute Gasteiger partial charge is 0.391 e. The van der Waals surface area contributed by atoms with E-state index < -0.39 is 18.1 Å². The molecule has 0 saturated carbocycles. The number of hydrogen-bond acceptors (Lipinski definition) is 5. The molecule has 0 fully saturated rings. The van der Waals surface area contributed by atoms with Crippen molar-refractivity contribution in [3.05, 3.63) is 40.6 Å². The Balaban J connectivity index is 0.000000480. The van der Waals surface area contributed by atoms with Crippen LogP contribution in [0.2, 0.25) is 0 Å². The quantitative estimate of drug-likeness (QED) is 0.673. The highest BCUT2D eigenvalue weighted by atomic mass is 32.1. The van der Waals surface area contributed by atoms with Crippen LogP contribution in [0.4, 0.5) is 13.2 Å². The summed E-state index contributed by atoms with van der Waals surface area (Å²) in [5.74, 6) is -2.29. The van der Waals surface area contributed by atoms with E-state index in [2.05, 4.69) is 15.4 Å². The van der Waals surface area contributed by atoms with Crippen molar-refractivity contribution in [3.63, 3.8) is 0 Å². The first-order valence-electron chi connectivity index (χ1n) is 8.40. The van der Waals surface area contributed by atoms with Gasteiger partial charge in [-0.3, -0.25) is 9.59 Å². The molecular formula is C17H22F3N4O3S+. The first kappa shape index (κ1) is 23.5. The van der Waals surface area contributed by atoms with Crippen molar-refractivity contribution in [2.75, 3.05) is 6.54 Å². The van der Waals surface area contributed by atoms with E-state index in [9.17, 15) is 22.8 Å². The number of thiazole rings is 1. The minimum absolute atomic E-state index is 0.00295. The molecule has 2 heterocycles. The van der Waals surface area contributed by atoms with Crippen molar-refractivity contribution in [1.82, 2.24) is 15.4 Å². The Hall–Kier alpha value is -2.56. The summed E-state index contributed by atoms with van der Waals surface area (Å²) < 4.78 is 35.0. The van der Waals surface area contributed by atoms with Crippen LogP contribution in [0, 0.1) is 5.92 Å². The summed E-state index contributed by atoms with van der Waals surface area (Å²) in [6, 6.07) is 1.62. The lowest BCUT2D eigenvalue weighted by Crippen LogP contribution is -2.39. The van der Waals surface area contributed by atoms with Gasteiger partial charge in [-0.25, -0.2) is 4.98 Å². The monoisotopic (exact) mass is 419 g/mol. The van der Waals surface area contributed by atoms with Gasteiger partial charge in [0.05, 0.1) is 10.6 Å². The molecule has 7 nitrogen and oxygen atoms in total. The summed E-state index contributed by atoms with van der Waals surface area (Å²) in [5.41, 5.74) is 0.445. The number of nitrogens with one attached hydrogen (secondary N) is 1. The third-order valence-corrected chi connectivity index (χ3v) is 4.19. The molecule has 154 valence electrons. The minimum atomic E-state index is -4.00. The second kappa shape index (κ2) is 11.3. The molecular weight excluding hydrogens is 397 g/mol. The number of carbonyl (C=O) groups is 2. The molecule has 0 unspecified atom stereocenters. The first-order chi connectivity index (χ1) is 13.1. The van der Waals surface area contributed by atoms with Crippen molar-refractivity contribution in [3.8, 4) is 0 Å². The highest BCUT2D eigenvalue weighted by Crippen LogP contribution is 2.24. The van der Waals surface area contributed by atoms with Gasteiger partial charge in [0.15, 0.2) is 12.7 Å². The topological polar surface area (TPSA) is 96.1 Å². The summed E-state index contributed by atoms with van der Waals surface area (Å²) in [5, 5.41) is 18.3. The maximum absolute atomic E-state index is 11.9. The Morgan fingerprint density at radius 1 is 1.36 bits per heavy atom. The zero-order valence-corrected chi connectivity index (χ0v) is 16.3. The number of carbonyl (C=O) groups excluding carboxylic acids is 1. The maximum Gasteiger partial charge on any atom is 0.391 e. The van der Waals surface area contributed by atoms with Crippen LogP contribution in [0.15, 0.2) is 30.0 Å². The summed E-state index contributed by atoms with van der Waals surface area (Å²) in [7, 11) is 0. The Labute approximate surface area is 164 Å². The summed E-state index contributed by atoms with van der Waals surface area (Å²) in [6.45, 7) is 3.04. The van der Waals surface area contributed by atoms with Gasteiger partial charge in [-0.15, -0.1) is 11.3 Å². The predicted molar refractivity (Wildman–Crippen MR) is 95.7 cm³/mol. The van der Waals surface area contributed by atoms with Gasteiger partial charge in [-0.05, 0) is 5.10 Å². The normalized spacial score (nSPS) is 10.9. The molecule has 0 aliphatic rings. The Morgan fingerprint density at radius 2 is 2.04 bits per heavy atom. The lowest BCUT2D eigenvalue weighted by atomic mass is 10.2. The SMILES string of the molecule is CC(C)C(F)(F)F.O=C(O)CC[n+]1ccc(C(=O)NCCc2nccs2)cn1. The Bertz CT molecular complexity index is 735. The molecule has 2 rings (SSSR count). The van der Waals surface area contributed by atoms with Crippen LogP contribution in [0.25, 0.3) is 0 Å². The predicted octanol–water partition coefficient (Wildman–Crippen LogP) is 2.48. The van der Waals surface area contributed by atoms with Gasteiger partial charge in [0, 0.05) is 36.5 Å². The first-order valence-corrected chi connectivity index (χ1v) is 9.28. The van der Waals surface area contributed by atoms with Crippen LogP contribution in [-0.2, 0) is 17.8 Å². The largest absolute Gasteiger partial charge is 0.481 e. The van der Waals surface area contributed by atoms with Gasteiger partial charge in [0.25, 0.3) is 5.91 Å². The molecule has 2 aromatic rings. The van der Waals surface area contributed by atoms with Crippen molar-refractivity contribution in [1.29, 1.82) is 0 Å². The van der Waals surface area contributed by atoms with Crippen LogP contribution in [-0.4, -0.2) is 39.8 Å². The van der Waals surface area contributed by atoms with Crippen LogP contribution in [0.3, 0.4) is 0 Å². The van der Waals surface area contributed by atoms with Crippen molar-refractivity contribution in [2.24, 2.45) is 5.92 Å². The molecule has 0 aliphatic carbocycles. The molecule has 2 aromatic heterocycles. The number of carboxylic acid groups (broad SMARTS) is 1. The number of aryl methyl sites for hydroxylation is 1. The van der Waals surface area contributed by atoms with Crippen molar-refractivity contribution < 1.29 is 32.5 Å². The highest BCUT2D eigenvalue weighted by molar-refractivity contribution is 7.09. The number of carboxylic acids is 1. The fourth-order valence-corrected chi connectivity index (χ4v) is 2.24. The average molecular weight is 419 g/mol. The van der Waals surface area contributed by atoms with Crippen LogP contribution < -0.4 is 10.00 Å². The molecule has 0 aliphatic heterocycles. The molecule has 1 amide bonds. The summed E-state index contributed by atoms with van der Waals surface area (Å²) in [4.78, 5) is 26.5. The van der Waals surface area contributed by atoms with Gasteiger partial charge in [-0.1, -0.05) is 18.5 Å². The molecule has 0 bridgehead atoms. The number of amides is 1. The third kappa shape index (κ3) is 9.40. The highest BCUT2D eigenvalue weighted by Gasteiger charge is 2.31. The second-order valence-electron chi connectivity index (χ2n) is 5.95. The lowest BCUT2D eigenvalue weighted by molar-refractivity contribution is -0.753. The Morgan fingerprint density at radius 3 is 2.50 bits per heavy atom. The van der Waals surface area contributed by atoms with Crippen LogP contribution in [0.5, 0.6) is 0 Å². The molecule has 11 heteroatoms. The molecule has 0 saturated heterocycles. The summed E-state index contributed by atoms with van der Waals surface area (Å²) >= 11 is 1.55. The maximum atomic E-state index is 11.9. The molecule has 0 atom stereocenters. The Kier molecular flexibility index (Phi) is 9.49. The number of halogens is 3. The van der Waals surface area contributed by atoms with E-state index >= 15 is 0 Å². The molecule has 2 N–H and O–H groups in total. The van der Waals surface area contributed by atoms with E-state index in [0.29, 0.717) is 18.5 Å². The van der Waals surface area contributed by atoms with Crippen LogP contribution >= 0.6 is 11.3 Å². The van der Waals surface area contributed by atoms with E-state index in [0.717, 1.165) is 18.9 Å². The average Bonchev–Trinajstić information content (AvgIpc) is 3.13. The van der Waals surface area contributed by atoms with E-state index in [-0.39, 0.29) is 18.9 Å².